The van der Waals surface area contributed by atoms with Gasteiger partial charge in [-0.15, -0.1) is 0 Å². The van der Waals surface area contributed by atoms with Crippen LogP contribution in [0.5, 0.6) is 0 Å². The Labute approximate surface area is 144 Å². The quantitative estimate of drug-likeness (QED) is 0.686. The van der Waals surface area contributed by atoms with E-state index in [0.717, 1.165) is 52.1 Å². The molecule has 1 aliphatic carbocycles. The van der Waals surface area contributed by atoms with Gasteiger partial charge in [0.15, 0.2) is 0 Å². The van der Waals surface area contributed by atoms with Crippen LogP contribution in [0.1, 0.15) is 25.7 Å². The average molecular weight is 359 g/mol. The van der Waals surface area contributed by atoms with Crippen LogP contribution in [-0.2, 0) is 19.6 Å². The molecule has 0 aromatic carbocycles. The van der Waals surface area contributed by atoms with Crippen molar-refractivity contribution in [2.75, 3.05) is 52.2 Å². The number of amides is 1. The molecule has 2 saturated heterocycles. The lowest BCUT2D eigenvalue weighted by Crippen LogP contribution is -2.41. The fraction of sp³-hybridized carbons (Fsp3) is 0.938. The molecule has 0 radical (unpaired) electrons. The second kappa shape index (κ2) is 7.68. The maximum atomic E-state index is 12.5. The van der Waals surface area contributed by atoms with Gasteiger partial charge in [0.2, 0.25) is 15.9 Å². The Kier molecular flexibility index (Phi) is 5.79. The van der Waals surface area contributed by atoms with Gasteiger partial charge in [0.25, 0.3) is 0 Å². The van der Waals surface area contributed by atoms with Crippen molar-refractivity contribution in [3.8, 4) is 0 Å². The molecule has 2 heterocycles. The van der Waals surface area contributed by atoms with Crippen molar-refractivity contribution in [2.45, 2.75) is 31.7 Å². The van der Waals surface area contributed by atoms with Crippen molar-refractivity contribution < 1.29 is 17.9 Å². The Bertz CT molecular complexity index is 544. The van der Waals surface area contributed by atoms with Crippen LogP contribution in [-0.4, -0.2) is 82.4 Å². The van der Waals surface area contributed by atoms with Crippen molar-refractivity contribution in [2.24, 2.45) is 11.8 Å². The van der Waals surface area contributed by atoms with E-state index in [1.165, 1.54) is 6.26 Å². The first-order chi connectivity index (χ1) is 11.4. The zero-order valence-corrected chi connectivity index (χ0v) is 15.3. The number of carbonyl (C=O) groups is 1. The molecule has 3 aliphatic rings. The molecule has 1 saturated carbocycles. The van der Waals surface area contributed by atoms with Crippen molar-refractivity contribution in [1.82, 2.24) is 14.5 Å². The number of morpholine rings is 1. The standard InChI is InChI=1S/C16H29N3O4S/c1-24(21,22)17-15-12-19(11-14(15)13-4-5-13)16(20)3-2-6-18-7-9-23-10-8-18/h13-15,17H,2-12H2,1H3/t14-,15+/m1/s1. The summed E-state index contributed by atoms with van der Waals surface area (Å²) in [7, 11) is -3.23. The molecule has 3 rings (SSSR count). The second-order valence-electron chi connectivity index (χ2n) is 7.35. The summed E-state index contributed by atoms with van der Waals surface area (Å²) < 4.78 is 31.2. The summed E-state index contributed by atoms with van der Waals surface area (Å²) in [5, 5.41) is 0. The van der Waals surface area contributed by atoms with Crippen LogP contribution >= 0.6 is 0 Å². The van der Waals surface area contributed by atoms with E-state index in [-0.39, 0.29) is 17.9 Å². The van der Waals surface area contributed by atoms with Crippen LogP contribution in [0.15, 0.2) is 0 Å². The molecule has 0 bridgehead atoms. The number of carbonyl (C=O) groups excluding carboxylic acids is 1. The maximum absolute atomic E-state index is 12.5. The number of rotatable bonds is 7. The normalized spacial score (nSPS) is 29.1. The van der Waals surface area contributed by atoms with E-state index in [9.17, 15) is 13.2 Å². The monoisotopic (exact) mass is 359 g/mol. The number of nitrogens with zero attached hydrogens (tertiary/aromatic N) is 2. The average Bonchev–Trinajstić information content (AvgIpc) is 3.28. The molecule has 138 valence electrons. The van der Waals surface area contributed by atoms with E-state index in [1.54, 1.807) is 0 Å². The lowest BCUT2D eigenvalue weighted by atomic mass is 9.99. The Morgan fingerprint density at radius 2 is 1.92 bits per heavy atom. The first-order valence-corrected chi connectivity index (χ1v) is 10.9. The SMILES string of the molecule is CS(=O)(=O)N[C@H]1CN(C(=O)CCCN2CCOCC2)C[C@@H]1C1CC1. The molecule has 3 fully saturated rings. The number of hydrogen-bond acceptors (Lipinski definition) is 5. The highest BCUT2D eigenvalue weighted by Gasteiger charge is 2.44. The van der Waals surface area contributed by atoms with Crippen molar-refractivity contribution in [3.63, 3.8) is 0 Å². The lowest BCUT2D eigenvalue weighted by Gasteiger charge is -2.26. The zero-order chi connectivity index (χ0) is 17.2. The molecule has 24 heavy (non-hydrogen) atoms. The number of likely N-dealkylation sites (tertiary alicyclic amines) is 1. The number of hydrogen-bond donors (Lipinski definition) is 1. The molecular weight excluding hydrogens is 330 g/mol. The van der Waals surface area contributed by atoms with Crippen LogP contribution in [0.3, 0.4) is 0 Å². The van der Waals surface area contributed by atoms with Crippen molar-refractivity contribution in [3.05, 3.63) is 0 Å². The van der Waals surface area contributed by atoms with E-state index in [2.05, 4.69) is 9.62 Å². The van der Waals surface area contributed by atoms with Gasteiger partial charge in [0.05, 0.1) is 19.5 Å². The minimum Gasteiger partial charge on any atom is -0.379 e. The Balaban J connectivity index is 1.46. The molecule has 2 aliphatic heterocycles. The minimum atomic E-state index is -3.23. The van der Waals surface area contributed by atoms with E-state index < -0.39 is 10.0 Å². The van der Waals surface area contributed by atoms with Gasteiger partial charge >= 0.3 is 0 Å². The highest BCUT2D eigenvalue weighted by atomic mass is 32.2. The number of ether oxygens (including phenoxy) is 1. The molecule has 0 unspecified atom stereocenters. The van der Waals surface area contributed by atoms with Gasteiger partial charge in [-0.25, -0.2) is 13.1 Å². The van der Waals surface area contributed by atoms with Gasteiger partial charge < -0.3 is 9.64 Å². The lowest BCUT2D eigenvalue weighted by molar-refractivity contribution is -0.130. The van der Waals surface area contributed by atoms with Crippen molar-refractivity contribution >= 4 is 15.9 Å². The summed E-state index contributed by atoms with van der Waals surface area (Å²) in [5.41, 5.74) is 0. The number of sulfonamides is 1. The molecule has 1 N–H and O–H groups in total. The van der Waals surface area contributed by atoms with Gasteiger partial charge in [0, 0.05) is 38.6 Å². The smallest absolute Gasteiger partial charge is 0.222 e. The van der Waals surface area contributed by atoms with Crippen LogP contribution in [0, 0.1) is 11.8 Å². The Hall–Kier alpha value is -0.700. The van der Waals surface area contributed by atoms with Crippen LogP contribution in [0.2, 0.25) is 0 Å². The topological polar surface area (TPSA) is 79.0 Å². The van der Waals surface area contributed by atoms with Gasteiger partial charge in [-0.3, -0.25) is 9.69 Å². The summed E-state index contributed by atoms with van der Waals surface area (Å²) in [6, 6.07) is -0.115. The predicted octanol–water partition coefficient (Wildman–Crippen LogP) is -0.115. The summed E-state index contributed by atoms with van der Waals surface area (Å²) >= 11 is 0. The molecule has 1 amide bonds. The van der Waals surface area contributed by atoms with Gasteiger partial charge in [-0.1, -0.05) is 0 Å². The first-order valence-electron chi connectivity index (χ1n) is 8.97. The summed E-state index contributed by atoms with van der Waals surface area (Å²) in [6.45, 7) is 5.60. The fourth-order valence-corrected chi connectivity index (χ4v) is 4.67. The zero-order valence-electron chi connectivity index (χ0n) is 14.4. The molecule has 8 heteroatoms. The third kappa shape index (κ3) is 5.15. The molecule has 7 nitrogen and oxygen atoms in total. The van der Waals surface area contributed by atoms with Crippen molar-refractivity contribution in [1.29, 1.82) is 0 Å². The molecule has 0 spiro atoms. The highest BCUT2D eigenvalue weighted by Crippen LogP contribution is 2.41. The fourth-order valence-electron chi connectivity index (χ4n) is 3.87. The minimum absolute atomic E-state index is 0.115. The van der Waals surface area contributed by atoms with Gasteiger partial charge in [0.1, 0.15) is 0 Å². The summed E-state index contributed by atoms with van der Waals surface area (Å²) in [5.74, 6) is 1.02. The van der Waals surface area contributed by atoms with E-state index in [1.807, 2.05) is 4.90 Å². The second-order valence-corrected chi connectivity index (χ2v) is 9.13. The molecule has 2 atom stereocenters. The molecule has 0 aromatic heterocycles. The Morgan fingerprint density at radius 1 is 1.21 bits per heavy atom. The van der Waals surface area contributed by atoms with E-state index >= 15 is 0 Å². The highest BCUT2D eigenvalue weighted by molar-refractivity contribution is 7.88. The van der Waals surface area contributed by atoms with E-state index in [0.29, 0.717) is 25.4 Å². The van der Waals surface area contributed by atoms with Gasteiger partial charge in [-0.05, 0) is 37.6 Å². The van der Waals surface area contributed by atoms with E-state index in [4.69, 9.17) is 4.74 Å². The number of nitrogens with one attached hydrogen (secondary N) is 1. The summed E-state index contributed by atoms with van der Waals surface area (Å²) in [6.07, 6.45) is 4.91. The third-order valence-electron chi connectivity index (χ3n) is 5.28. The van der Waals surface area contributed by atoms with Crippen LogP contribution in [0.4, 0.5) is 0 Å². The molecular formula is C16H29N3O4S. The summed E-state index contributed by atoms with van der Waals surface area (Å²) in [4.78, 5) is 16.7. The van der Waals surface area contributed by atoms with Gasteiger partial charge in [-0.2, -0.15) is 0 Å². The first kappa shape index (κ1) is 18.1. The predicted molar refractivity (Wildman–Crippen MR) is 91.1 cm³/mol. The third-order valence-corrected chi connectivity index (χ3v) is 6.01. The largest absolute Gasteiger partial charge is 0.379 e. The van der Waals surface area contributed by atoms with Crippen LogP contribution < -0.4 is 4.72 Å². The van der Waals surface area contributed by atoms with Crippen LogP contribution in [0.25, 0.3) is 0 Å². The maximum Gasteiger partial charge on any atom is 0.222 e. The Morgan fingerprint density at radius 3 is 2.54 bits per heavy atom. The molecule has 0 aromatic rings.